The number of fused-ring (bicyclic) bond motifs is 1. The van der Waals surface area contributed by atoms with E-state index in [2.05, 4.69) is 26.3 Å². The van der Waals surface area contributed by atoms with Crippen LogP contribution < -0.4 is 21.3 Å². The van der Waals surface area contributed by atoms with E-state index in [0.29, 0.717) is 24.3 Å². The number of hydrogen-bond donors (Lipinski definition) is 5. The lowest BCUT2D eigenvalue weighted by molar-refractivity contribution is -0.138. The summed E-state index contributed by atoms with van der Waals surface area (Å²) in [5.74, 6) is -0.690. The smallest absolute Gasteiger partial charge is 0.408 e. The highest BCUT2D eigenvalue weighted by molar-refractivity contribution is 6.00. The summed E-state index contributed by atoms with van der Waals surface area (Å²) in [5.41, 5.74) is 4.13. The van der Waals surface area contributed by atoms with Crippen LogP contribution >= 0.6 is 0 Å². The normalized spacial score (nSPS) is 15.3. The zero-order chi connectivity index (χ0) is 32.8. The Kier molecular flexibility index (Phi) is 9.72. The first-order valence-corrected chi connectivity index (χ1v) is 15.3. The molecular formula is C35H40N6O5. The van der Waals surface area contributed by atoms with Gasteiger partial charge in [-0.25, -0.2) is 4.79 Å². The molecule has 0 aliphatic carbocycles. The lowest BCUT2D eigenvalue weighted by atomic mass is 10.1. The fourth-order valence-electron chi connectivity index (χ4n) is 5.54. The van der Waals surface area contributed by atoms with E-state index in [1.807, 2.05) is 66.7 Å². The molecule has 2 atom stereocenters. The average molecular weight is 625 g/mol. The molecule has 11 nitrogen and oxygen atoms in total. The van der Waals surface area contributed by atoms with Crippen LogP contribution in [0.4, 0.5) is 16.2 Å². The molecule has 1 aromatic heterocycles. The van der Waals surface area contributed by atoms with Gasteiger partial charge in [0, 0.05) is 34.5 Å². The van der Waals surface area contributed by atoms with Gasteiger partial charge in [-0.2, -0.15) is 0 Å². The maximum absolute atomic E-state index is 13.5. The molecule has 5 rings (SSSR count). The molecule has 0 unspecified atom stereocenters. The summed E-state index contributed by atoms with van der Waals surface area (Å²) in [6.45, 7) is 5.57. The van der Waals surface area contributed by atoms with Crippen LogP contribution in [0.1, 0.15) is 45.2 Å². The molecule has 4 aromatic rings. The first-order chi connectivity index (χ1) is 22.0. The number of hydrogen-bond acceptors (Lipinski definition) is 6. The second kappa shape index (κ2) is 13.9. The number of H-pyrrole nitrogens is 1. The van der Waals surface area contributed by atoms with Gasteiger partial charge < -0.3 is 35.9 Å². The van der Waals surface area contributed by atoms with Gasteiger partial charge >= 0.3 is 6.09 Å². The van der Waals surface area contributed by atoms with E-state index >= 15 is 0 Å². The summed E-state index contributed by atoms with van der Waals surface area (Å²) in [7, 11) is 1.75. The molecule has 0 spiro atoms. The Morgan fingerprint density at radius 2 is 1.65 bits per heavy atom. The highest BCUT2D eigenvalue weighted by Crippen LogP contribution is 2.29. The van der Waals surface area contributed by atoms with Gasteiger partial charge in [0.25, 0.3) is 0 Å². The number of carbonyl (C=O) groups excluding carboxylic acids is 4. The minimum absolute atomic E-state index is 0.111. The van der Waals surface area contributed by atoms with Gasteiger partial charge in [-0.1, -0.05) is 42.5 Å². The van der Waals surface area contributed by atoms with Crippen molar-refractivity contribution < 1.29 is 23.9 Å². The number of anilines is 2. The fraction of sp³-hybridized carbons (Fsp3) is 0.314. The summed E-state index contributed by atoms with van der Waals surface area (Å²) in [6.07, 6.45) is 0.716. The lowest BCUT2D eigenvalue weighted by Crippen LogP contribution is -2.47. The lowest BCUT2D eigenvalue weighted by Gasteiger charge is -2.28. The van der Waals surface area contributed by atoms with Crippen molar-refractivity contribution in [1.29, 1.82) is 0 Å². The molecule has 3 aromatic carbocycles. The summed E-state index contributed by atoms with van der Waals surface area (Å²) in [4.78, 5) is 56.0. The Balaban J connectivity index is 1.20. The third-order valence-corrected chi connectivity index (χ3v) is 7.67. The third-order valence-electron chi connectivity index (χ3n) is 7.67. The maximum atomic E-state index is 13.5. The topological polar surface area (TPSA) is 145 Å². The quantitative estimate of drug-likeness (QED) is 0.173. The minimum Gasteiger partial charge on any atom is -0.444 e. The molecule has 0 bridgehead atoms. The second-order valence-electron chi connectivity index (χ2n) is 12.3. The van der Waals surface area contributed by atoms with Gasteiger partial charge in [0.05, 0.1) is 0 Å². The number of alkyl carbamates (subject to hydrolysis) is 1. The van der Waals surface area contributed by atoms with E-state index in [9.17, 15) is 19.2 Å². The molecule has 1 fully saturated rings. The number of likely N-dealkylation sites (N-methyl/N-ethyl adjacent to an activating group) is 1. The number of aromatic nitrogens is 1. The van der Waals surface area contributed by atoms with Crippen LogP contribution in [0.5, 0.6) is 0 Å². The van der Waals surface area contributed by atoms with E-state index in [-0.39, 0.29) is 24.3 Å². The molecule has 1 aliphatic heterocycles. The van der Waals surface area contributed by atoms with E-state index in [0.717, 1.165) is 34.1 Å². The van der Waals surface area contributed by atoms with E-state index in [1.165, 1.54) is 0 Å². The standard InChI is InChI=1S/C35H40N6O5/c1-35(2,3)46-34(45)37-21-30(42)38-25-14-12-22(13-15-25)28-20-24-19-26(16-17-27(24)40-28)39-32(43)29-11-8-18-41(29)33(44)31(36-4)23-9-6-5-7-10-23/h5-7,9-10,12-17,19-20,29,31,36,40H,8,11,18,21H2,1-4H3,(H,37,45)(H,38,42)(H,39,43)/t29-,31+/m0/s1. The summed E-state index contributed by atoms with van der Waals surface area (Å²) >= 11 is 0. The van der Waals surface area contributed by atoms with Crippen molar-refractivity contribution in [2.45, 2.75) is 51.3 Å². The first-order valence-electron chi connectivity index (χ1n) is 15.3. The number of amides is 4. The molecule has 0 radical (unpaired) electrons. The van der Waals surface area contributed by atoms with Crippen LogP contribution in [0, 0.1) is 0 Å². The van der Waals surface area contributed by atoms with Gasteiger partial charge in [-0.05, 0) is 88.2 Å². The van der Waals surface area contributed by atoms with Gasteiger partial charge in [-0.3, -0.25) is 14.4 Å². The zero-order valence-electron chi connectivity index (χ0n) is 26.5. The average Bonchev–Trinajstić information content (AvgIpc) is 3.68. The monoisotopic (exact) mass is 624 g/mol. The highest BCUT2D eigenvalue weighted by Gasteiger charge is 2.37. The largest absolute Gasteiger partial charge is 0.444 e. The molecule has 1 saturated heterocycles. The molecule has 0 saturated carbocycles. The van der Waals surface area contributed by atoms with Crippen LogP contribution in [0.3, 0.4) is 0 Å². The van der Waals surface area contributed by atoms with Crippen molar-refractivity contribution in [2.75, 3.05) is 30.8 Å². The summed E-state index contributed by atoms with van der Waals surface area (Å²) in [5, 5.41) is 12.2. The third kappa shape index (κ3) is 7.91. The summed E-state index contributed by atoms with van der Waals surface area (Å²) < 4.78 is 5.15. The van der Waals surface area contributed by atoms with Crippen LogP contribution in [0.2, 0.25) is 0 Å². The van der Waals surface area contributed by atoms with Crippen LogP contribution in [0.15, 0.2) is 78.9 Å². The Morgan fingerprint density at radius 1 is 0.935 bits per heavy atom. The van der Waals surface area contributed by atoms with Crippen LogP contribution in [-0.4, -0.2) is 65.5 Å². The predicted molar refractivity (Wildman–Crippen MR) is 178 cm³/mol. The number of benzene rings is 3. The van der Waals surface area contributed by atoms with Crippen LogP contribution in [-0.2, 0) is 19.1 Å². The molecular weight excluding hydrogens is 584 g/mol. The number of nitrogens with one attached hydrogen (secondary N) is 5. The van der Waals surface area contributed by atoms with E-state index in [1.54, 1.807) is 44.9 Å². The molecule has 11 heteroatoms. The van der Waals surface area contributed by atoms with Crippen molar-refractivity contribution >= 4 is 46.1 Å². The molecule has 240 valence electrons. The van der Waals surface area contributed by atoms with E-state index in [4.69, 9.17) is 4.74 Å². The molecule has 5 N–H and O–H groups in total. The SMILES string of the molecule is CN[C@@H](C(=O)N1CCC[C@H]1C(=O)Nc1ccc2[nH]c(-c3ccc(NC(=O)CNC(=O)OC(C)(C)C)cc3)cc2c1)c1ccccc1. The molecule has 46 heavy (non-hydrogen) atoms. The number of rotatable bonds is 9. The van der Waals surface area contributed by atoms with Crippen molar-refractivity contribution in [3.63, 3.8) is 0 Å². The fourth-order valence-corrected chi connectivity index (χ4v) is 5.54. The first kappa shape index (κ1) is 32.2. The highest BCUT2D eigenvalue weighted by atomic mass is 16.6. The van der Waals surface area contributed by atoms with Crippen molar-refractivity contribution in [2.24, 2.45) is 0 Å². The number of aromatic amines is 1. The predicted octanol–water partition coefficient (Wildman–Crippen LogP) is 5.19. The molecule has 4 amide bonds. The number of nitrogens with zero attached hydrogens (tertiary/aromatic N) is 1. The summed E-state index contributed by atoms with van der Waals surface area (Å²) in [6, 6.07) is 23.4. The van der Waals surface area contributed by atoms with Gasteiger partial charge in [0.2, 0.25) is 17.7 Å². The van der Waals surface area contributed by atoms with Gasteiger partial charge in [0.1, 0.15) is 24.2 Å². The molecule has 2 heterocycles. The van der Waals surface area contributed by atoms with Crippen LogP contribution in [0.25, 0.3) is 22.2 Å². The number of ether oxygens (including phenoxy) is 1. The number of carbonyl (C=O) groups is 4. The van der Waals surface area contributed by atoms with E-state index < -0.39 is 23.8 Å². The van der Waals surface area contributed by atoms with Crippen molar-refractivity contribution in [3.8, 4) is 11.3 Å². The van der Waals surface area contributed by atoms with Crippen molar-refractivity contribution in [3.05, 3.63) is 84.4 Å². The zero-order valence-corrected chi connectivity index (χ0v) is 26.5. The number of likely N-dealkylation sites (tertiary alicyclic amines) is 1. The maximum Gasteiger partial charge on any atom is 0.408 e. The minimum atomic E-state index is -0.656. The second-order valence-corrected chi connectivity index (χ2v) is 12.3. The molecule has 1 aliphatic rings. The van der Waals surface area contributed by atoms with Gasteiger partial charge in [-0.15, -0.1) is 0 Å². The van der Waals surface area contributed by atoms with Crippen molar-refractivity contribution in [1.82, 2.24) is 20.5 Å². The Labute approximate surface area is 268 Å². The van der Waals surface area contributed by atoms with Gasteiger partial charge in [0.15, 0.2) is 0 Å². The Hall–Kier alpha value is -5.16. The Bertz CT molecular complexity index is 1710. The Morgan fingerprint density at radius 3 is 2.35 bits per heavy atom.